The van der Waals surface area contributed by atoms with E-state index >= 15 is 0 Å². The monoisotopic (exact) mass is 695 g/mol. The molecule has 4 aromatic rings. The first-order valence-corrected chi connectivity index (χ1v) is 17.3. The van der Waals surface area contributed by atoms with Gasteiger partial charge in [0, 0.05) is 35.1 Å². The third kappa shape index (κ3) is 8.38. The van der Waals surface area contributed by atoms with Crippen LogP contribution in [0.1, 0.15) is 25.0 Å². The first-order valence-electron chi connectivity index (χ1n) is 15.1. The average molecular weight is 697 g/mol. The number of rotatable bonds is 12. The van der Waals surface area contributed by atoms with Crippen molar-refractivity contribution >= 4 is 50.7 Å². The number of fused-ring (bicyclic) bond motifs is 1. The Hall–Kier alpha value is -4.25. The number of nitrogens with zero attached hydrogens (tertiary/aromatic N) is 2. The number of anilines is 1. The zero-order valence-electron chi connectivity index (χ0n) is 25.9. The van der Waals surface area contributed by atoms with E-state index in [1.54, 1.807) is 48.5 Å². The van der Waals surface area contributed by atoms with Gasteiger partial charge in [-0.25, -0.2) is 8.42 Å². The highest BCUT2D eigenvalue weighted by atomic mass is 35.5. The van der Waals surface area contributed by atoms with Gasteiger partial charge in [-0.15, -0.1) is 0 Å². The second kappa shape index (κ2) is 15.1. The van der Waals surface area contributed by atoms with Crippen LogP contribution in [0.3, 0.4) is 0 Å². The maximum absolute atomic E-state index is 14.6. The SMILES string of the molecule is CC(C)NC(=O)[C@@H](Cc1ccccc1)N(Cc1ccc(Cl)cc1Cl)C(=O)CN(c1ccc2c(c1)OCCO2)S(=O)(=O)c1ccccc1. The Bertz CT molecular complexity index is 1820. The summed E-state index contributed by atoms with van der Waals surface area (Å²) in [7, 11) is -4.27. The van der Waals surface area contributed by atoms with Crippen molar-refractivity contribution in [3.05, 3.63) is 118 Å². The lowest BCUT2D eigenvalue weighted by atomic mass is 10.0. The molecule has 0 radical (unpaired) electrons. The molecule has 0 aromatic heterocycles. The highest BCUT2D eigenvalue weighted by Crippen LogP contribution is 2.36. The van der Waals surface area contributed by atoms with Crippen LogP contribution in [-0.4, -0.2) is 57.0 Å². The minimum atomic E-state index is -4.27. The zero-order valence-corrected chi connectivity index (χ0v) is 28.3. The van der Waals surface area contributed by atoms with Gasteiger partial charge in [0.05, 0.1) is 10.6 Å². The molecule has 1 heterocycles. The molecule has 1 aliphatic heterocycles. The molecular formula is C35H35Cl2N3O6S. The van der Waals surface area contributed by atoms with Gasteiger partial charge in [-0.3, -0.25) is 13.9 Å². The molecule has 1 N–H and O–H groups in total. The Balaban J connectivity index is 1.60. The lowest BCUT2D eigenvalue weighted by Gasteiger charge is -2.34. The number of halogens is 2. The van der Waals surface area contributed by atoms with Crippen LogP contribution >= 0.6 is 23.2 Å². The average Bonchev–Trinajstić information content (AvgIpc) is 3.06. The molecule has 2 amide bonds. The number of sulfonamides is 1. The predicted octanol–water partition coefficient (Wildman–Crippen LogP) is 6.12. The van der Waals surface area contributed by atoms with E-state index in [0.29, 0.717) is 40.3 Å². The van der Waals surface area contributed by atoms with Gasteiger partial charge in [0.2, 0.25) is 11.8 Å². The summed E-state index contributed by atoms with van der Waals surface area (Å²) in [6.45, 7) is 3.61. The molecule has 4 aromatic carbocycles. The van der Waals surface area contributed by atoms with E-state index in [9.17, 15) is 18.0 Å². The molecule has 0 saturated carbocycles. The van der Waals surface area contributed by atoms with Gasteiger partial charge < -0.3 is 19.7 Å². The summed E-state index contributed by atoms with van der Waals surface area (Å²) in [6.07, 6.45) is 0.172. The maximum Gasteiger partial charge on any atom is 0.264 e. The fourth-order valence-electron chi connectivity index (χ4n) is 5.20. The summed E-state index contributed by atoms with van der Waals surface area (Å²) >= 11 is 12.7. The molecule has 5 rings (SSSR count). The van der Waals surface area contributed by atoms with E-state index in [1.807, 2.05) is 44.2 Å². The molecular weight excluding hydrogens is 661 g/mol. The van der Waals surface area contributed by atoms with Crippen LogP contribution in [-0.2, 0) is 32.6 Å². The van der Waals surface area contributed by atoms with Gasteiger partial charge in [-0.05, 0) is 61.4 Å². The standard InChI is InChI=1S/C35H35Cl2N3O6S/c1-24(2)38-35(42)31(19-25-9-5-3-6-10-25)39(22-26-13-14-27(36)20-30(26)37)34(41)23-40(47(43,44)29-11-7-4-8-12-29)28-15-16-32-33(21-28)46-18-17-45-32/h3-16,20-21,24,31H,17-19,22-23H2,1-2H3,(H,38,42)/t31-/m1/s1. The van der Waals surface area contributed by atoms with Crippen molar-refractivity contribution in [2.75, 3.05) is 24.1 Å². The Morgan fingerprint density at radius 1 is 0.851 bits per heavy atom. The fourth-order valence-corrected chi connectivity index (χ4v) is 7.10. The second-order valence-corrected chi connectivity index (χ2v) is 14.0. The smallest absolute Gasteiger partial charge is 0.264 e. The molecule has 1 atom stereocenters. The number of amides is 2. The quantitative estimate of drug-likeness (QED) is 0.191. The topological polar surface area (TPSA) is 105 Å². The van der Waals surface area contributed by atoms with Gasteiger partial charge in [-0.2, -0.15) is 0 Å². The van der Waals surface area contributed by atoms with Gasteiger partial charge in [-0.1, -0.05) is 77.8 Å². The molecule has 47 heavy (non-hydrogen) atoms. The highest BCUT2D eigenvalue weighted by Gasteiger charge is 2.35. The lowest BCUT2D eigenvalue weighted by molar-refractivity contribution is -0.140. The van der Waals surface area contributed by atoms with Gasteiger partial charge in [0.15, 0.2) is 11.5 Å². The lowest BCUT2D eigenvalue weighted by Crippen LogP contribution is -2.54. The number of hydrogen-bond donors (Lipinski definition) is 1. The summed E-state index contributed by atoms with van der Waals surface area (Å²) in [5.74, 6) is -0.183. The Morgan fingerprint density at radius 3 is 2.17 bits per heavy atom. The van der Waals surface area contributed by atoms with Gasteiger partial charge in [0.25, 0.3) is 10.0 Å². The van der Waals surface area contributed by atoms with Crippen molar-refractivity contribution < 1.29 is 27.5 Å². The van der Waals surface area contributed by atoms with Crippen molar-refractivity contribution in [1.82, 2.24) is 10.2 Å². The first-order chi connectivity index (χ1) is 22.5. The highest BCUT2D eigenvalue weighted by molar-refractivity contribution is 7.92. The summed E-state index contributed by atoms with van der Waals surface area (Å²) in [4.78, 5) is 29.8. The largest absolute Gasteiger partial charge is 0.486 e. The zero-order chi connectivity index (χ0) is 33.6. The van der Waals surface area contributed by atoms with E-state index < -0.39 is 28.5 Å². The number of carbonyl (C=O) groups is 2. The molecule has 0 saturated heterocycles. The normalized spacial score (nSPS) is 13.1. The third-order valence-electron chi connectivity index (χ3n) is 7.48. The number of nitrogens with one attached hydrogen (secondary N) is 1. The fraction of sp³-hybridized carbons (Fsp3) is 0.257. The number of carbonyl (C=O) groups excluding carboxylic acids is 2. The molecule has 9 nitrogen and oxygen atoms in total. The maximum atomic E-state index is 14.6. The molecule has 0 spiro atoms. The van der Waals surface area contributed by atoms with Crippen LogP contribution in [0.15, 0.2) is 102 Å². The molecule has 12 heteroatoms. The third-order valence-corrected chi connectivity index (χ3v) is 9.86. The van der Waals surface area contributed by atoms with E-state index in [-0.39, 0.29) is 35.5 Å². The first kappa shape index (κ1) is 34.1. The molecule has 1 aliphatic rings. The van der Waals surface area contributed by atoms with Crippen molar-refractivity contribution in [3.63, 3.8) is 0 Å². The Kier molecular flexibility index (Phi) is 11.0. The van der Waals surface area contributed by atoms with Gasteiger partial charge in [0.1, 0.15) is 25.8 Å². The Labute approximate surface area is 285 Å². The molecule has 0 aliphatic carbocycles. The molecule has 0 bridgehead atoms. The Morgan fingerprint density at radius 2 is 1.51 bits per heavy atom. The summed E-state index contributed by atoms with van der Waals surface area (Å²) in [6, 6.07) is 25.5. The molecule has 246 valence electrons. The van der Waals surface area contributed by atoms with E-state index in [4.69, 9.17) is 32.7 Å². The minimum Gasteiger partial charge on any atom is -0.486 e. The van der Waals surface area contributed by atoms with Crippen LogP contribution in [0.5, 0.6) is 11.5 Å². The van der Waals surface area contributed by atoms with E-state index in [0.717, 1.165) is 9.87 Å². The van der Waals surface area contributed by atoms with Crippen LogP contribution in [0.25, 0.3) is 0 Å². The van der Waals surface area contributed by atoms with Crippen molar-refractivity contribution in [2.45, 2.75) is 43.8 Å². The van der Waals surface area contributed by atoms with Crippen LogP contribution < -0.4 is 19.1 Å². The second-order valence-electron chi connectivity index (χ2n) is 11.3. The predicted molar refractivity (Wildman–Crippen MR) is 183 cm³/mol. The number of benzene rings is 4. The van der Waals surface area contributed by atoms with Crippen LogP contribution in [0.4, 0.5) is 5.69 Å². The summed E-state index contributed by atoms with van der Waals surface area (Å²) in [5.41, 5.74) is 1.55. The summed E-state index contributed by atoms with van der Waals surface area (Å²) < 4.78 is 40.8. The van der Waals surface area contributed by atoms with E-state index in [2.05, 4.69) is 5.32 Å². The number of hydrogen-bond acceptors (Lipinski definition) is 6. The number of ether oxygens (including phenoxy) is 2. The van der Waals surface area contributed by atoms with E-state index in [1.165, 1.54) is 23.1 Å². The van der Waals surface area contributed by atoms with Gasteiger partial charge >= 0.3 is 0 Å². The summed E-state index contributed by atoms with van der Waals surface area (Å²) in [5, 5.41) is 3.65. The van der Waals surface area contributed by atoms with Crippen LogP contribution in [0.2, 0.25) is 10.0 Å². The van der Waals surface area contributed by atoms with Crippen molar-refractivity contribution in [1.29, 1.82) is 0 Å². The minimum absolute atomic E-state index is 0.00614. The van der Waals surface area contributed by atoms with Crippen molar-refractivity contribution in [2.24, 2.45) is 0 Å². The van der Waals surface area contributed by atoms with Crippen LogP contribution in [0, 0.1) is 0 Å². The van der Waals surface area contributed by atoms with Crippen molar-refractivity contribution in [3.8, 4) is 11.5 Å². The molecule has 0 unspecified atom stereocenters. The molecule has 0 fully saturated rings.